The van der Waals surface area contributed by atoms with Crippen LogP contribution in [0.2, 0.25) is 0 Å². The zero-order valence-electron chi connectivity index (χ0n) is 8.86. The van der Waals surface area contributed by atoms with Crippen LogP contribution in [0.15, 0.2) is 12.5 Å². The maximum absolute atomic E-state index is 7.28. The van der Waals surface area contributed by atoms with Crippen LogP contribution in [0, 0.1) is 8.98 Å². The molecule has 86 valence electrons. The average Bonchev–Trinajstić information content (AvgIpc) is 3.04. The number of hydrogen-bond donors (Lipinski definition) is 2. The fourth-order valence-electron chi connectivity index (χ4n) is 1.61. The zero-order chi connectivity index (χ0) is 11.5. The van der Waals surface area contributed by atoms with Gasteiger partial charge in [0.1, 0.15) is 12.1 Å². The number of aromatic nitrogens is 2. The van der Waals surface area contributed by atoms with Crippen molar-refractivity contribution in [3.63, 3.8) is 0 Å². The highest BCUT2D eigenvalue weighted by atomic mass is 127. The minimum Gasteiger partial charge on any atom is -0.388 e. The molecule has 2 rings (SSSR count). The highest BCUT2D eigenvalue weighted by Crippen LogP contribution is 2.32. The first kappa shape index (κ1) is 11.6. The van der Waals surface area contributed by atoms with Crippen molar-refractivity contribution in [2.45, 2.75) is 25.3 Å². The molecule has 0 bridgehead atoms. The van der Waals surface area contributed by atoms with Gasteiger partial charge in [-0.1, -0.05) is 0 Å². The van der Waals surface area contributed by atoms with Gasteiger partial charge in [0.2, 0.25) is 0 Å². The molecular weight excluding hydrogens is 317 g/mol. The number of rotatable bonds is 5. The monoisotopic (exact) mass is 331 g/mol. The van der Waals surface area contributed by atoms with Gasteiger partial charge in [0.15, 0.2) is 0 Å². The van der Waals surface area contributed by atoms with Crippen molar-refractivity contribution in [2.24, 2.45) is 5.73 Å². The summed E-state index contributed by atoms with van der Waals surface area (Å²) >= 11 is 2.24. The molecule has 0 amide bonds. The molecule has 1 fully saturated rings. The van der Waals surface area contributed by atoms with Gasteiger partial charge in [-0.3, -0.25) is 5.41 Å². The van der Waals surface area contributed by atoms with E-state index in [9.17, 15) is 0 Å². The molecule has 1 saturated carbocycles. The second kappa shape index (κ2) is 4.94. The van der Waals surface area contributed by atoms with E-state index in [0.29, 0.717) is 12.5 Å². The molecule has 0 saturated heterocycles. The number of halogens is 1. The van der Waals surface area contributed by atoms with Crippen molar-refractivity contribution < 1.29 is 0 Å². The quantitative estimate of drug-likeness (QED) is 0.485. The van der Waals surface area contributed by atoms with Crippen molar-refractivity contribution in [3.05, 3.63) is 16.1 Å². The van der Waals surface area contributed by atoms with Crippen molar-refractivity contribution in [3.8, 4) is 0 Å². The van der Waals surface area contributed by atoms with Crippen molar-refractivity contribution in [1.82, 2.24) is 9.97 Å². The van der Waals surface area contributed by atoms with Crippen LogP contribution in [0.4, 0.5) is 5.82 Å². The molecule has 1 aromatic heterocycles. The number of hydrogen-bond acceptors (Lipinski definition) is 4. The molecule has 1 heterocycles. The van der Waals surface area contributed by atoms with Gasteiger partial charge < -0.3 is 10.6 Å². The van der Waals surface area contributed by atoms with Gasteiger partial charge in [-0.2, -0.15) is 0 Å². The van der Waals surface area contributed by atoms with E-state index >= 15 is 0 Å². The molecule has 1 aliphatic carbocycles. The minimum atomic E-state index is 0.231. The molecule has 6 heteroatoms. The summed E-state index contributed by atoms with van der Waals surface area (Å²) < 4.78 is 1.05. The number of nitrogens with one attached hydrogen (secondary N) is 1. The maximum atomic E-state index is 7.28. The second-order valence-corrected chi connectivity index (χ2v) is 5.06. The van der Waals surface area contributed by atoms with E-state index in [-0.39, 0.29) is 5.84 Å². The summed E-state index contributed by atoms with van der Waals surface area (Å²) in [5, 5.41) is 7.28. The fraction of sp³-hybridized carbons (Fsp3) is 0.500. The summed E-state index contributed by atoms with van der Waals surface area (Å²) in [6.07, 6.45) is 6.39. The van der Waals surface area contributed by atoms with E-state index in [2.05, 4.69) is 37.5 Å². The molecule has 16 heavy (non-hydrogen) atoms. The van der Waals surface area contributed by atoms with E-state index in [1.54, 1.807) is 6.33 Å². The maximum Gasteiger partial charge on any atom is 0.145 e. The van der Waals surface area contributed by atoms with Gasteiger partial charge in [0.25, 0.3) is 0 Å². The van der Waals surface area contributed by atoms with E-state index < -0.39 is 0 Å². The molecule has 0 atom stereocenters. The van der Waals surface area contributed by atoms with Crippen molar-refractivity contribution >= 4 is 34.2 Å². The van der Waals surface area contributed by atoms with E-state index in [1.165, 1.54) is 12.8 Å². The molecule has 0 aliphatic heterocycles. The smallest absolute Gasteiger partial charge is 0.145 e. The highest BCUT2D eigenvalue weighted by molar-refractivity contribution is 14.1. The standard InChI is InChI=1S/C10H14IN5/c11-8-5-14-6-15-10(8)16(7-1-2-7)4-3-9(12)13/h5-7H,1-4H2,(H3,12,13). The molecule has 1 aromatic rings. The average molecular weight is 331 g/mol. The Bertz CT molecular complexity index is 391. The van der Waals surface area contributed by atoms with Gasteiger partial charge in [-0.05, 0) is 35.4 Å². The molecule has 0 spiro atoms. The Balaban J connectivity index is 2.12. The molecule has 0 radical (unpaired) electrons. The van der Waals surface area contributed by atoms with E-state index in [0.717, 1.165) is 15.9 Å². The lowest BCUT2D eigenvalue weighted by molar-refractivity contribution is 0.775. The first-order chi connectivity index (χ1) is 7.68. The lowest BCUT2D eigenvalue weighted by Crippen LogP contribution is -2.31. The summed E-state index contributed by atoms with van der Waals surface area (Å²) in [6.45, 7) is 0.771. The van der Waals surface area contributed by atoms with Crippen LogP contribution in [0.3, 0.4) is 0 Å². The summed E-state index contributed by atoms with van der Waals surface area (Å²) in [5.41, 5.74) is 5.40. The van der Waals surface area contributed by atoms with Crippen molar-refractivity contribution in [2.75, 3.05) is 11.4 Å². The van der Waals surface area contributed by atoms with Crippen LogP contribution < -0.4 is 10.6 Å². The van der Waals surface area contributed by atoms with E-state index in [1.807, 2.05) is 6.20 Å². The molecular formula is C10H14IN5. The number of anilines is 1. The van der Waals surface area contributed by atoms with E-state index in [4.69, 9.17) is 11.1 Å². The number of nitrogens with two attached hydrogens (primary N) is 1. The molecule has 3 N–H and O–H groups in total. The first-order valence-corrected chi connectivity index (χ1v) is 6.31. The van der Waals surface area contributed by atoms with Crippen LogP contribution in [0.5, 0.6) is 0 Å². The molecule has 1 aliphatic rings. The minimum absolute atomic E-state index is 0.231. The van der Waals surface area contributed by atoms with Crippen LogP contribution >= 0.6 is 22.6 Å². The van der Waals surface area contributed by atoms with Crippen LogP contribution in [-0.2, 0) is 0 Å². The molecule has 0 aromatic carbocycles. The van der Waals surface area contributed by atoms with Gasteiger partial charge in [-0.15, -0.1) is 0 Å². The van der Waals surface area contributed by atoms with Gasteiger partial charge in [0, 0.05) is 25.2 Å². The fourth-order valence-corrected chi connectivity index (χ4v) is 2.22. The first-order valence-electron chi connectivity index (χ1n) is 5.23. The zero-order valence-corrected chi connectivity index (χ0v) is 11.0. The van der Waals surface area contributed by atoms with Crippen molar-refractivity contribution in [1.29, 1.82) is 5.41 Å². The third-order valence-corrected chi connectivity index (χ3v) is 3.29. The normalized spacial score (nSPS) is 14.8. The summed E-state index contributed by atoms with van der Waals surface area (Å²) in [5.74, 6) is 1.20. The van der Waals surface area contributed by atoms with Gasteiger partial charge >= 0.3 is 0 Å². The predicted octanol–water partition coefficient (Wildman–Crippen LogP) is 1.38. The largest absolute Gasteiger partial charge is 0.388 e. The summed E-state index contributed by atoms with van der Waals surface area (Å²) in [4.78, 5) is 10.5. The lowest BCUT2D eigenvalue weighted by atomic mass is 10.3. The van der Waals surface area contributed by atoms with Gasteiger partial charge in [-0.25, -0.2) is 9.97 Å². The predicted molar refractivity (Wildman–Crippen MR) is 71.6 cm³/mol. The third-order valence-electron chi connectivity index (χ3n) is 2.53. The Kier molecular flexibility index (Phi) is 3.57. The Labute approximate surface area is 108 Å². The Hall–Kier alpha value is -0.920. The molecule has 0 unspecified atom stereocenters. The Morgan fingerprint density at radius 2 is 2.38 bits per heavy atom. The lowest BCUT2D eigenvalue weighted by Gasteiger charge is -2.23. The summed E-state index contributed by atoms with van der Waals surface area (Å²) in [7, 11) is 0. The van der Waals surface area contributed by atoms with Crippen LogP contribution in [0.25, 0.3) is 0 Å². The summed E-state index contributed by atoms with van der Waals surface area (Å²) in [6, 6.07) is 0.572. The topological polar surface area (TPSA) is 78.9 Å². The second-order valence-electron chi connectivity index (χ2n) is 3.89. The number of amidine groups is 1. The third kappa shape index (κ3) is 2.81. The molecule has 5 nitrogen and oxygen atoms in total. The number of nitrogens with zero attached hydrogens (tertiary/aromatic N) is 3. The Morgan fingerprint density at radius 1 is 1.62 bits per heavy atom. The van der Waals surface area contributed by atoms with Crippen LogP contribution in [0.1, 0.15) is 19.3 Å². The SMILES string of the molecule is N=C(N)CCN(c1ncncc1I)C1CC1. The van der Waals surface area contributed by atoms with Crippen LogP contribution in [-0.4, -0.2) is 28.4 Å². The highest BCUT2D eigenvalue weighted by Gasteiger charge is 2.30. The van der Waals surface area contributed by atoms with Gasteiger partial charge in [0.05, 0.1) is 9.41 Å². The Morgan fingerprint density at radius 3 is 2.94 bits per heavy atom.